The third kappa shape index (κ3) is 1.57. The molecule has 1 N–H and O–H groups in total. The van der Waals surface area contributed by atoms with Crippen molar-refractivity contribution in [2.75, 3.05) is 6.54 Å². The molecule has 0 radical (unpaired) electrons. The van der Waals surface area contributed by atoms with E-state index in [0.717, 1.165) is 19.4 Å². The van der Waals surface area contributed by atoms with Crippen LogP contribution in [0.3, 0.4) is 0 Å². The van der Waals surface area contributed by atoms with Gasteiger partial charge in [-0.1, -0.05) is 6.07 Å². The zero-order valence-electron chi connectivity index (χ0n) is 8.75. The number of rotatable bonds is 2. The molecule has 2 bridgehead atoms. The van der Waals surface area contributed by atoms with Gasteiger partial charge in [0.05, 0.1) is 0 Å². The Morgan fingerprint density at radius 1 is 1.31 bits per heavy atom. The van der Waals surface area contributed by atoms with Gasteiger partial charge in [0, 0.05) is 6.04 Å². The molecule has 1 aromatic carbocycles. The molecule has 0 spiro atoms. The number of benzene rings is 1. The molecule has 1 aromatic rings. The van der Waals surface area contributed by atoms with Gasteiger partial charge in [0.25, 0.3) is 0 Å². The summed E-state index contributed by atoms with van der Waals surface area (Å²) in [6.07, 6.45) is 2.18. The largest absolute Gasteiger partial charge is 0.435 e. The highest BCUT2D eigenvalue weighted by Crippen LogP contribution is 2.45. The summed E-state index contributed by atoms with van der Waals surface area (Å²) in [4.78, 5) is 0. The van der Waals surface area contributed by atoms with Crippen molar-refractivity contribution in [3.05, 3.63) is 29.3 Å². The molecule has 2 atom stereocenters. The Morgan fingerprint density at radius 3 is 3.00 bits per heavy atom. The number of hydrogen-bond acceptors (Lipinski definition) is 2. The Bertz CT molecular complexity index is 408. The molecular weight excluding hydrogens is 212 g/mol. The molecular formula is C12H13F2NO. The fourth-order valence-corrected chi connectivity index (χ4v) is 2.84. The third-order valence-electron chi connectivity index (χ3n) is 3.50. The maximum atomic E-state index is 12.1. The molecule has 1 aliphatic heterocycles. The van der Waals surface area contributed by atoms with E-state index in [0.29, 0.717) is 12.0 Å². The van der Waals surface area contributed by atoms with E-state index in [2.05, 4.69) is 10.1 Å². The number of ether oxygens (including phenoxy) is 1. The van der Waals surface area contributed by atoms with Crippen LogP contribution in [0.4, 0.5) is 8.78 Å². The first-order valence-corrected chi connectivity index (χ1v) is 5.56. The second-order valence-electron chi connectivity index (χ2n) is 4.40. The second-order valence-corrected chi connectivity index (χ2v) is 4.40. The first-order valence-electron chi connectivity index (χ1n) is 5.56. The Labute approximate surface area is 92.6 Å². The summed E-state index contributed by atoms with van der Waals surface area (Å²) in [6.45, 7) is -1.73. The number of hydrogen-bond donors (Lipinski definition) is 1. The number of nitrogens with one attached hydrogen (secondary N) is 1. The van der Waals surface area contributed by atoms with Gasteiger partial charge in [-0.15, -0.1) is 0 Å². The number of fused-ring (bicyclic) bond motifs is 5. The highest BCUT2D eigenvalue weighted by atomic mass is 19.3. The van der Waals surface area contributed by atoms with Crippen molar-refractivity contribution in [3.63, 3.8) is 0 Å². The molecule has 2 nitrogen and oxygen atoms in total. The van der Waals surface area contributed by atoms with Gasteiger partial charge in [0.2, 0.25) is 0 Å². The summed E-state index contributed by atoms with van der Waals surface area (Å²) in [5.41, 5.74) is 2.44. The first kappa shape index (κ1) is 10.0. The predicted octanol–water partition coefficient (Wildman–Crippen LogP) is 2.81. The minimum absolute atomic E-state index is 0.279. The highest BCUT2D eigenvalue weighted by molar-refractivity contribution is 5.44. The van der Waals surface area contributed by atoms with Gasteiger partial charge in [-0.05, 0) is 48.6 Å². The smallest absolute Gasteiger partial charge is 0.387 e. The van der Waals surface area contributed by atoms with Crippen molar-refractivity contribution in [2.45, 2.75) is 31.4 Å². The zero-order chi connectivity index (χ0) is 11.1. The Morgan fingerprint density at radius 2 is 2.19 bits per heavy atom. The van der Waals surface area contributed by atoms with Crippen LogP contribution in [0.2, 0.25) is 0 Å². The molecule has 0 saturated carbocycles. The summed E-state index contributed by atoms with van der Waals surface area (Å²) in [7, 11) is 0. The minimum atomic E-state index is -2.74. The van der Waals surface area contributed by atoms with E-state index in [-0.39, 0.29) is 5.75 Å². The summed E-state index contributed by atoms with van der Waals surface area (Å²) >= 11 is 0. The second kappa shape index (κ2) is 3.70. The van der Waals surface area contributed by atoms with E-state index in [1.165, 1.54) is 11.1 Å². The Hall–Kier alpha value is -1.16. The topological polar surface area (TPSA) is 21.3 Å². The average molecular weight is 225 g/mol. The maximum Gasteiger partial charge on any atom is 0.387 e. The van der Waals surface area contributed by atoms with Gasteiger partial charge >= 0.3 is 6.61 Å². The van der Waals surface area contributed by atoms with Crippen LogP contribution >= 0.6 is 0 Å². The van der Waals surface area contributed by atoms with E-state index in [1.807, 2.05) is 6.07 Å². The number of halogens is 2. The van der Waals surface area contributed by atoms with Gasteiger partial charge in [-0.25, -0.2) is 0 Å². The van der Waals surface area contributed by atoms with Gasteiger partial charge in [0.1, 0.15) is 5.75 Å². The molecule has 2 unspecified atom stereocenters. The molecule has 1 saturated heterocycles. The van der Waals surface area contributed by atoms with Gasteiger partial charge < -0.3 is 10.1 Å². The lowest BCUT2D eigenvalue weighted by atomic mass is 9.96. The highest BCUT2D eigenvalue weighted by Gasteiger charge is 2.34. The van der Waals surface area contributed by atoms with Crippen LogP contribution in [0.25, 0.3) is 0 Å². The van der Waals surface area contributed by atoms with Crippen molar-refractivity contribution in [3.8, 4) is 5.75 Å². The molecule has 16 heavy (non-hydrogen) atoms. The Balaban J connectivity index is 1.94. The van der Waals surface area contributed by atoms with E-state index < -0.39 is 6.61 Å². The predicted molar refractivity (Wildman–Crippen MR) is 55.8 cm³/mol. The summed E-state index contributed by atoms with van der Waals surface area (Å²) in [5, 5.41) is 3.44. The fourth-order valence-electron chi connectivity index (χ4n) is 2.84. The summed E-state index contributed by atoms with van der Waals surface area (Å²) < 4.78 is 28.6. The van der Waals surface area contributed by atoms with Crippen molar-refractivity contribution >= 4 is 0 Å². The monoisotopic (exact) mass is 225 g/mol. The minimum Gasteiger partial charge on any atom is -0.435 e. The lowest BCUT2D eigenvalue weighted by molar-refractivity contribution is -0.0498. The van der Waals surface area contributed by atoms with Crippen LogP contribution in [0.1, 0.15) is 35.9 Å². The maximum absolute atomic E-state index is 12.1. The van der Waals surface area contributed by atoms with Crippen molar-refractivity contribution < 1.29 is 13.5 Å². The van der Waals surface area contributed by atoms with E-state index in [9.17, 15) is 8.78 Å². The molecule has 2 aliphatic rings. The molecule has 0 amide bonds. The van der Waals surface area contributed by atoms with Crippen molar-refractivity contribution in [1.29, 1.82) is 0 Å². The zero-order valence-corrected chi connectivity index (χ0v) is 8.75. The molecule has 86 valence electrons. The molecule has 4 heteroatoms. The lowest BCUT2D eigenvalue weighted by Crippen LogP contribution is -2.24. The first-order chi connectivity index (χ1) is 7.74. The van der Waals surface area contributed by atoms with Crippen LogP contribution in [0.15, 0.2) is 18.2 Å². The van der Waals surface area contributed by atoms with Crippen LogP contribution in [0, 0.1) is 0 Å². The van der Waals surface area contributed by atoms with Gasteiger partial charge in [0.15, 0.2) is 0 Å². The van der Waals surface area contributed by atoms with Crippen LogP contribution < -0.4 is 10.1 Å². The molecule has 1 aliphatic carbocycles. The van der Waals surface area contributed by atoms with Gasteiger partial charge in [-0.2, -0.15) is 8.78 Å². The van der Waals surface area contributed by atoms with Crippen molar-refractivity contribution in [1.82, 2.24) is 5.32 Å². The lowest BCUT2D eigenvalue weighted by Gasteiger charge is -2.20. The van der Waals surface area contributed by atoms with Crippen LogP contribution in [0.5, 0.6) is 5.75 Å². The third-order valence-corrected chi connectivity index (χ3v) is 3.50. The summed E-state index contributed by atoms with van der Waals surface area (Å²) in [5.74, 6) is 0.795. The van der Waals surface area contributed by atoms with Crippen LogP contribution in [-0.2, 0) is 0 Å². The quantitative estimate of drug-likeness (QED) is 0.835. The molecule has 3 rings (SSSR count). The van der Waals surface area contributed by atoms with E-state index in [1.54, 1.807) is 12.1 Å². The van der Waals surface area contributed by atoms with Crippen LogP contribution in [-0.4, -0.2) is 13.2 Å². The van der Waals surface area contributed by atoms with Crippen molar-refractivity contribution in [2.24, 2.45) is 0 Å². The molecule has 1 heterocycles. The number of piperidine rings is 1. The van der Waals surface area contributed by atoms with Gasteiger partial charge in [-0.3, -0.25) is 0 Å². The normalized spacial score (nSPS) is 26.9. The standard InChI is InChI=1S/C12H13F2NO/c13-12(14)16-8-1-2-9-10(6-8)7-3-4-15-11(9)5-7/h1-2,6-7,11-12,15H,3-5H2. The fraction of sp³-hybridized carbons (Fsp3) is 0.500. The summed E-state index contributed by atoms with van der Waals surface area (Å²) in [6, 6.07) is 5.73. The SMILES string of the molecule is FC(F)Oc1ccc2c(c1)C1CCNC2C1. The van der Waals surface area contributed by atoms with E-state index in [4.69, 9.17) is 0 Å². The number of alkyl halides is 2. The average Bonchev–Trinajstić information content (AvgIpc) is 2.50. The molecule has 0 aromatic heterocycles. The molecule has 1 fully saturated rings. The Kier molecular flexibility index (Phi) is 2.32. The van der Waals surface area contributed by atoms with E-state index >= 15 is 0 Å².